The van der Waals surface area contributed by atoms with E-state index in [2.05, 4.69) is 79.6 Å². The van der Waals surface area contributed by atoms with Crippen molar-refractivity contribution in [1.82, 2.24) is 40.4 Å². The monoisotopic (exact) mass is 482 g/mol. The Bertz CT molecular complexity index is 1210. The van der Waals surface area contributed by atoms with Gasteiger partial charge in [-0.3, -0.25) is 10.1 Å². The summed E-state index contributed by atoms with van der Waals surface area (Å²) in [5, 5.41) is 19.8. The first-order valence-corrected chi connectivity index (χ1v) is 13.2. The van der Waals surface area contributed by atoms with Gasteiger partial charge < -0.3 is 0 Å². The van der Waals surface area contributed by atoms with Gasteiger partial charge in [0.1, 0.15) is 6.04 Å². The molecule has 3 heterocycles. The number of tetrazole rings is 1. The summed E-state index contributed by atoms with van der Waals surface area (Å²) in [6.07, 6.45) is 10.5. The van der Waals surface area contributed by atoms with Gasteiger partial charge in [-0.15, -0.1) is 5.10 Å². The van der Waals surface area contributed by atoms with E-state index in [-0.39, 0.29) is 6.04 Å². The summed E-state index contributed by atoms with van der Waals surface area (Å²) in [7, 11) is 0. The molecule has 36 heavy (non-hydrogen) atoms. The lowest BCUT2D eigenvalue weighted by atomic mass is 9.74. The van der Waals surface area contributed by atoms with Crippen molar-refractivity contribution in [3.8, 4) is 0 Å². The lowest BCUT2D eigenvalue weighted by molar-refractivity contribution is 0.130. The minimum absolute atomic E-state index is 0.0670. The second-order valence-corrected chi connectivity index (χ2v) is 10.2. The van der Waals surface area contributed by atoms with Gasteiger partial charge in [-0.1, -0.05) is 73.9 Å². The molecule has 0 spiro atoms. The summed E-state index contributed by atoms with van der Waals surface area (Å²) in [5.74, 6) is 2.52. The largest absolute Gasteiger partial charge is 0.268 e. The molecule has 1 N–H and O–H groups in total. The van der Waals surface area contributed by atoms with Crippen LogP contribution in [0.15, 0.2) is 73.1 Å². The Morgan fingerprint density at radius 3 is 2.42 bits per heavy atom. The van der Waals surface area contributed by atoms with Crippen LogP contribution in [0.3, 0.4) is 0 Å². The molecule has 0 bridgehead atoms. The van der Waals surface area contributed by atoms with Crippen LogP contribution in [0.2, 0.25) is 0 Å². The van der Waals surface area contributed by atoms with Gasteiger partial charge in [-0.25, -0.2) is 9.69 Å². The van der Waals surface area contributed by atoms with E-state index in [1.165, 1.54) is 48.8 Å². The van der Waals surface area contributed by atoms with Crippen molar-refractivity contribution in [2.45, 2.75) is 51.2 Å². The predicted molar refractivity (Wildman–Crippen MR) is 138 cm³/mol. The van der Waals surface area contributed by atoms with Crippen LogP contribution in [-0.4, -0.2) is 48.1 Å². The van der Waals surface area contributed by atoms with Crippen molar-refractivity contribution in [2.75, 3.05) is 13.1 Å². The van der Waals surface area contributed by atoms with Crippen LogP contribution in [0.1, 0.15) is 60.7 Å². The number of hydrogen-bond donors (Lipinski definition) is 1. The number of rotatable bonds is 8. The first kappa shape index (κ1) is 23.1. The molecule has 2 atom stereocenters. The molecule has 0 radical (unpaired) electrons. The van der Waals surface area contributed by atoms with Crippen LogP contribution in [-0.2, 0) is 13.1 Å². The molecule has 8 nitrogen and oxygen atoms in total. The van der Waals surface area contributed by atoms with Gasteiger partial charge in [-0.05, 0) is 57.9 Å². The third kappa shape index (κ3) is 5.10. The van der Waals surface area contributed by atoms with E-state index in [0.29, 0.717) is 6.54 Å². The first-order chi connectivity index (χ1) is 17.8. The van der Waals surface area contributed by atoms with E-state index in [4.69, 9.17) is 0 Å². The number of nitrogens with zero attached hydrogens (tertiary/aromatic N) is 7. The molecule has 2 fully saturated rings. The molecule has 2 aromatic heterocycles. The van der Waals surface area contributed by atoms with Gasteiger partial charge in [0.2, 0.25) is 0 Å². The molecule has 1 saturated heterocycles. The number of aromatic nitrogens is 6. The van der Waals surface area contributed by atoms with E-state index >= 15 is 0 Å². The Morgan fingerprint density at radius 2 is 1.67 bits per heavy atom. The van der Waals surface area contributed by atoms with Crippen molar-refractivity contribution in [3.05, 3.63) is 95.6 Å². The summed E-state index contributed by atoms with van der Waals surface area (Å²) in [6, 6.07) is 21.1. The van der Waals surface area contributed by atoms with Crippen molar-refractivity contribution in [1.29, 1.82) is 0 Å². The molecule has 2 aromatic carbocycles. The summed E-state index contributed by atoms with van der Waals surface area (Å²) in [4.78, 5) is 0. The summed E-state index contributed by atoms with van der Waals surface area (Å²) < 4.78 is 3.90. The van der Waals surface area contributed by atoms with E-state index in [0.717, 1.165) is 37.3 Å². The summed E-state index contributed by atoms with van der Waals surface area (Å²) in [5.41, 5.74) is 7.42. The Morgan fingerprint density at radius 1 is 0.861 bits per heavy atom. The maximum atomic E-state index is 4.57. The molecule has 1 saturated carbocycles. The van der Waals surface area contributed by atoms with E-state index < -0.39 is 0 Å². The SMILES string of the molecule is c1ccc(Cn2nnnc2C(c2ccc(Cn3cccn3)cc2)N2CCC[C@@H](C3CCC3)CN2)cc1. The molecule has 1 aliphatic heterocycles. The number of hydrazine groups is 1. The van der Waals surface area contributed by atoms with Gasteiger partial charge in [0.05, 0.1) is 13.1 Å². The molecule has 1 unspecified atom stereocenters. The number of hydrogen-bond acceptors (Lipinski definition) is 6. The molecule has 4 aromatic rings. The minimum atomic E-state index is -0.0670. The Labute approximate surface area is 212 Å². The Hall–Kier alpha value is -3.36. The van der Waals surface area contributed by atoms with Crippen LogP contribution in [0.5, 0.6) is 0 Å². The fourth-order valence-electron chi connectivity index (χ4n) is 5.60. The normalized spacial score (nSPS) is 20.1. The fraction of sp³-hybridized carbons (Fsp3) is 0.429. The van der Waals surface area contributed by atoms with Crippen LogP contribution in [0.25, 0.3) is 0 Å². The smallest absolute Gasteiger partial charge is 0.174 e. The fourth-order valence-corrected chi connectivity index (χ4v) is 5.60. The molecule has 2 aliphatic rings. The molecule has 1 aliphatic carbocycles. The highest BCUT2D eigenvalue weighted by Gasteiger charge is 2.33. The van der Waals surface area contributed by atoms with E-state index in [9.17, 15) is 0 Å². The van der Waals surface area contributed by atoms with Crippen molar-refractivity contribution >= 4 is 0 Å². The van der Waals surface area contributed by atoms with E-state index in [1.807, 2.05) is 33.9 Å². The average Bonchev–Trinajstić information content (AvgIpc) is 3.49. The first-order valence-electron chi connectivity index (χ1n) is 13.2. The third-order valence-corrected chi connectivity index (χ3v) is 7.84. The van der Waals surface area contributed by atoms with Crippen LogP contribution in [0.4, 0.5) is 0 Å². The predicted octanol–water partition coefficient (Wildman–Crippen LogP) is 4.07. The summed E-state index contributed by atoms with van der Waals surface area (Å²) in [6.45, 7) is 3.41. The Balaban J connectivity index is 1.29. The van der Waals surface area contributed by atoms with Crippen LogP contribution in [0, 0.1) is 11.8 Å². The quantitative estimate of drug-likeness (QED) is 0.408. The van der Waals surface area contributed by atoms with Crippen molar-refractivity contribution in [2.24, 2.45) is 11.8 Å². The second-order valence-electron chi connectivity index (χ2n) is 10.2. The highest BCUT2D eigenvalue weighted by Crippen LogP contribution is 2.37. The average molecular weight is 483 g/mol. The maximum Gasteiger partial charge on any atom is 0.174 e. The number of benzene rings is 2. The van der Waals surface area contributed by atoms with Gasteiger partial charge >= 0.3 is 0 Å². The van der Waals surface area contributed by atoms with E-state index in [1.54, 1.807) is 0 Å². The lowest BCUT2D eigenvalue weighted by Gasteiger charge is -2.34. The zero-order valence-corrected chi connectivity index (χ0v) is 20.7. The molecular formula is C28H34N8. The highest BCUT2D eigenvalue weighted by molar-refractivity contribution is 5.29. The second kappa shape index (κ2) is 10.7. The molecule has 0 amide bonds. The lowest BCUT2D eigenvalue weighted by Crippen LogP contribution is -2.44. The molecule has 8 heteroatoms. The standard InChI is InChI=1S/C28H34N8/c1-2-7-22(8-3-1)21-36-28(31-32-33-36)27(35-18-5-11-26(19-30-35)24-9-4-10-24)25-14-12-23(13-15-25)20-34-17-6-16-29-34/h1-3,6-8,12-17,24,26-27,30H,4-5,9-11,18-21H2/t26-,27?/m1/s1. The molecule has 6 rings (SSSR count). The zero-order chi connectivity index (χ0) is 24.2. The van der Waals surface area contributed by atoms with Crippen molar-refractivity contribution in [3.63, 3.8) is 0 Å². The maximum absolute atomic E-state index is 4.57. The highest BCUT2D eigenvalue weighted by atomic mass is 15.6. The van der Waals surface area contributed by atoms with Crippen LogP contribution < -0.4 is 5.43 Å². The number of nitrogens with one attached hydrogen (secondary N) is 1. The van der Waals surface area contributed by atoms with Gasteiger partial charge in [-0.2, -0.15) is 5.10 Å². The van der Waals surface area contributed by atoms with Gasteiger partial charge in [0.25, 0.3) is 0 Å². The van der Waals surface area contributed by atoms with Gasteiger partial charge in [0, 0.05) is 25.5 Å². The minimum Gasteiger partial charge on any atom is -0.268 e. The van der Waals surface area contributed by atoms with Crippen LogP contribution >= 0.6 is 0 Å². The van der Waals surface area contributed by atoms with Gasteiger partial charge in [0.15, 0.2) is 5.82 Å². The Kier molecular flexibility index (Phi) is 6.87. The zero-order valence-electron chi connectivity index (χ0n) is 20.7. The van der Waals surface area contributed by atoms with Crippen molar-refractivity contribution < 1.29 is 0 Å². The molecular weight excluding hydrogens is 448 g/mol. The molecule has 186 valence electrons. The summed E-state index contributed by atoms with van der Waals surface area (Å²) >= 11 is 0. The topological polar surface area (TPSA) is 76.7 Å². The third-order valence-electron chi connectivity index (χ3n) is 7.84.